The van der Waals surface area contributed by atoms with E-state index in [2.05, 4.69) is 43.9 Å². The molecule has 0 aliphatic carbocycles. The summed E-state index contributed by atoms with van der Waals surface area (Å²) in [5.74, 6) is 0.389. The van der Waals surface area contributed by atoms with Crippen LogP contribution in [0.3, 0.4) is 0 Å². The van der Waals surface area contributed by atoms with Crippen LogP contribution in [-0.2, 0) is 6.54 Å². The molecule has 0 aliphatic rings. The second-order valence-corrected chi connectivity index (χ2v) is 5.12. The number of allylic oxidation sites excluding steroid dienone is 3. The van der Waals surface area contributed by atoms with Gasteiger partial charge in [-0.25, -0.2) is 0 Å². The van der Waals surface area contributed by atoms with Crippen LogP contribution in [0.15, 0.2) is 35.9 Å². The lowest BCUT2D eigenvalue weighted by Gasteiger charge is -2.20. The van der Waals surface area contributed by atoms with Gasteiger partial charge < -0.3 is 5.11 Å². The molecule has 0 aromatic heterocycles. The van der Waals surface area contributed by atoms with Crippen LogP contribution in [0.1, 0.15) is 45.2 Å². The lowest BCUT2D eigenvalue weighted by molar-refractivity contribution is 0.276. The Labute approximate surface area is 123 Å². The Balaban J connectivity index is 2.80. The molecule has 1 aromatic carbocycles. The van der Waals surface area contributed by atoms with Crippen molar-refractivity contribution in [3.05, 3.63) is 47.1 Å². The van der Waals surface area contributed by atoms with Crippen molar-refractivity contribution in [2.45, 2.75) is 40.7 Å². The summed E-state index contributed by atoms with van der Waals surface area (Å²) in [5, 5.41) is 10.2. The fourth-order valence-electron chi connectivity index (χ4n) is 2.05. The number of rotatable bonds is 7. The summed E-state index contributed by atoms with van der Waals surface area (Å²) in [5.41, 5.74) is 3.25. The molecule has 0 aliphatic heterocycles. The van der Waals surface area contributed by atoms with E-state index in [0.29, 0.717) is 5.75 Å². The van der Waals surface area contributed by atoms with Gasteiger partial charge in [0.05, 0.1) is 0 Å². The number of hydrogen-bond donors (Lipinski definition) is 1. The average Bonchev–Trinajstić information content (AvgIpc) is 2.46. The van der Waals surface area contributed by atoms with Gasteiger partial charge in [-0.3, -0.25) is 4.90 Å². The van der Waals surface area contributed by atoms with Gasteiger partial charge in [0.2, 0.25) is 0 Å². The lowest BCUT2D eigenvalue weighted by Crippen LogP contribution is -2.23. The van der Waals surface area contributed by atoms with Gasteiger partial charge in [0.25, 0.3) is 0 Å². The third kappa shape index (κ3) is 5.22. The SMILES string of the molecule is CC=C(C)C=Cc1ccc(CN(CC)CCC)c(O)c1. The monoisotopic (exact) mass is 273 g/mol. The van der Waals surface area contributed by atoms with E-state index >= 15 is 0 Å². The molecule has 0 fully saturated rings. The van der Waals surface area contributed by atoms with Crippen LogP contribution < -0.4 is 0 Å². The highest BCUT2D eigenvalue weighted by Crippen LogP contribution is 2.21. The molecule has 0 unspecified atom stereocenters. The van der Waals surface area contributed by atoms with E-state index in [0.717, 1.165) is 37.2 Å². The summed E-state index contributed by atoms with van der Waals surface area (Å²) in [6.45, 7) is 11.3. The van der Waals surface area contributed by atoms with Crippen molar-refractivity contribution in [3.63, 3.8) is 0 Å². The highest BCUT2D eigenvalue weighted by molar-refractivity contribution is 5.56. The molecule has 0 heterocycles. The Morgan fingerprint density at radius 3 is 2.60 bits per heavy atom. The first-order valence-electron chi connectivity index (χ1n) is 7.45. The number of phenolic OH excluding ortho intramolecular Hbond substituents is 1. The summed E-state index contributed by atoms with van der Waals surface area (Å²) in [6, 6.07) is 5.93. The van der Waals surface area contributed by atoms with Crippen molar-refractivity contribution < 1.29 is 5.11 Å². The van der Waals surface area contributed by atoms with Gasteiger partial charge in [-0.2, -0.15) is 0 Å². The number of benzene rings is 1. The topological polar surface area (TPSA) is 23.5 Å². The van der Waals surface area contributed by atoms with Crippen LogP contribution in [0.4, 0.5) is 0 Å². The Morgan fingerprint density at radius 2 is 2.05 bits per heavy atom. The first kappa shape index (κ1) is 16.5. The molecule has 2 nitrogen and oxygen atoms in total. The molecule has 20 heavy (non-hydrogen) atoms. The molecule has 0 spiro atoms. The van der Waals surface area contributed by atoms with E-state index in [1.807, 2.05) is 25.1 Å². The fourth-order valence-corrected chi connectivity index (χ4v) is 2.05. The third-order valence-corrected chi connectivity index (χ3v) is 3.48. The molecule has 0 saturated heterocycles. The van der Waals surface area contributed by atoms with Crippen LogP contribution in [-0.4, -0.2) is 23.1 Å². The first-order valence-corrected chi connectivity index (χ1v) is 7.45. The Kier molecular flexibility index (Phi) is 7.10. The number of aromatic hydroxyl groups is 1. The zero-order chi connectivity index (χ0) is 15.0. The Bertz CT molecular complexity index is 474. The molecule has 1 rings (SSSR count). The highest BCUT2D eigenvalue weighted by Gasteiger charge is 2.06. The summed E-state index contributed by atoms with van der Waals surface area (Å²) in [4.78, 5) is 2.34. The molecule has 0 saturated carbocycles. The lowest BCUT2D eigenvalue weighted by atomic mass is 10.1. The van der Waals surface area contributed by atoms with Gasteiger partial charge in [-0.15, -0.1) is 0 Å². The predicted molar refractivity (Wildman–Crippen MR) is 87.8 cm³/mol. The van der Waals surface area contributed by atoms with Crippen molar-refractivity contribution in [2.75, 3.05) is 13.1 Å². The van der Waals surface area contributed by atoms with Gasteiger partial charge in [0.1, 0.15) is 5.75 Å². The van der Waals surface area contributed by atoms with E-state index < -0.39 is 0 Å². The van der Waals surface area contributed by atoms with Crippen molar-refractivity contribution in [1.29, 1.82) is 0 Å². The molecule has 110 valence electrons. The van der Waals surface area contributed by atoms with E-state index in [9.17, 15) is 5.11 Å². The van der Waals surface area contributed by atoms with Gasteiger partial charge in [0, 0.05) is 12.1 Å². The number of phenols is 1. The minimum atomic E-state index is 0.389. The highest BCUT2D eigenvalue weighted by atomic mass is 16.3. The van der Waals surface area contributed by atoms with Crippen molar-refractivity contribution in [3.8, 4) is 5.75 Å². The normalized spacial score (nSPS) is 12.6. The van der Waals surface area contributed by atoms with Crippen LogP contribution in [0, 0.1) is 0 Å². The smallest absolute Gasteiger partial charge is 0.120 e. The second kappa shape index (κ2) is 8.60. The molecule has 2 heteroatoms. The quantitative estimate of drug-likeness (QED) is 0.734. The minimum absolute atomic E-state index is 0.389. The Morgan fingerprint density at radius 1 is 1.30 bits per heavy atom. The summed E-state index contributed by atoms with van der Waals surface area (Å²) in [6.07, 6.45) is 7.29. The third-order valence-electron chi connectivity index (χ3n) is 3.48. The summed E-state index contributed by atoms with van der Waals surface area (Å²) in [7, 11) is 0. The van der Waals surface area contributed by atoms with Crippen LogP contribution >= 0.6 is 0 Å². The van der Waals surface area contributed by atoms with Gasteiger partial charge >= 0.3 is 0 Å². The van der Waals surface area contributed by atoms with E-state index in [1.54, 1.807) is 0 Å². The van der Waals surface area contributed by atoms with Gasteiger partial charge in [-0.05, 0) is 45.0 Å². The van der Waals surface area contributed by atoms with Gasteiger partial charge in [-0.1, -0.05) is 49.8 Å². The standard InChI is InChI=1S/C18H27NO/c1-5-12-19(7-3)14-17-11-10-16(13-18(17)20)9-8-15(4)6-2/h6,8-11,13,20H,5,7,12,14H2,1-4H3. The van der Waals surface area contributed by atoms with E-state index in [-0.39, 0.29) is 0 Å². The minimum Gasteiger partial charge on any atom is -0.508 e. The number of hydrogen-bond acceptors (Lipinski definition) is 2. The van der Waals surface area contributed by atoms with Gasteiger partial charge in [0.15, 0.2) is 0 Å². The summed E-state index contributed by atoms with van der Waals surface area (Å²) < 4.78 is 0. The van der Waals surface area contributed by atoms with Crippen LogP contribution in [0.2, 0.25) is 0 Å². The van der Waals surface area contributed by atoms with Crippen molar-refractivity contribution in [1.82, 2.24) is 4.90 Å². The predicted octanol–water partition coefficient (Wildman–Crippen LogP) is 4.60. The number of nitrogens with zero attached hydrogens (tertiary/aromatic N) is 1. The van der Waals surface area contributed by atoms with E-state index in [1.165, 1.54) is 5.57 Å². The summed E-state index contributed by atoms with van der Waals surface area (Å²) >= 11 is 0. The average molecular weight is 273 g/mol. The van der Waals surface area contributed by atoms with Crippen LogP contribution in [0.5, 0.6) is 5.75 Å². The van der Waals surface area contributed by atoms with Crippen LogP contribution in [0.25, 0.3) is 6.08 Å². The van der Waals surface area contributed by atoms with Crippen molar-refractivity contribution >= 4 is 6.08 Å². The first-order chi connectivity index (χ1) is 9.60. The molecule has 0 radical (unpaired) electrons. The van der Waals surface area contributed by atoms with Crippen molar-refractivity contribution in [2.24, 2.45) is 0 Å². The maximum atomic E-state index is 10.2. The molecule has 1 N–H and O–H groups in total. The largest absolute Gasteiger partial charge is 0.508 e. The molecular weight excluding hydrogens is 246 g/mol. The fraction of sp³-hybridized carbons (Fsp3) is 0.444. The zero-order valence-corrected chi connectivity index (χ0v) is 13.2. The maximum absolute atomic E-state index is 10.2. The maximum Gasteiger partial charge on any atom is 0.120 e. The zero-order valence-electron chi connectivity index (χ0n) is 13.2. The molecular formula is C18H27NO. The second-order valence-electron chi connectivity index (χ2n) is 5.12. The van der Waals surface area contributed by atoms with E-state index in [4.69, 9.17) is 0 Å². The molecule has 0 amide bonds. The Hall–Kier alpha value is -1.54. The molecule has 1 aromatic rings. The molecule has 0 atom stereocenters. The molecule has 0 bridgehead atoms.